The highest BCUT2D eigenvalue weighted by atomic mass is 16.2. The SMILES string of the molecule is O=C(/C=C/c1ccccc1)N[C@@H]1CCCN1C(=O)/C=C/c1ccccc1. The van der Waals surface area contributed by atoms with Gasteiger partial charge in [-0.05, 0) is 36.1 Å². The lowest BCUT2D eigenvalue weighted by atomic mass is 10.2. The van der Waals surface area contributed by atoms with Crippen LogP contribution in [0.2, 0.25) is 0 Å². The first-order valence-electron chi connectivity index (χ1n) is 8.80. The first-order chi connectivity index (χ1) is 12.7. The van der Waals surface area contributed by atoms with Crippen LogP contribution in [0, 0.1) is 0 Å². The number of amides is 2. The fourth-order valence-electron chi connectivity index (χ4n) is 2.96. The molecule has 1 aliphatic heterocycles. The van der Waals surface area contributed by atoms with Crippen molar-refractivity contribution in [1.82, 2.24) is 10.2 Å². The lowest BCUT2D eigenvalue weighted by Gasteiger charge is -2.23. The molecule has 1 atom stereocenters. The number of likely N-dealkylation sites (tertiary alicyclic amines) is 1. The molecule has 0 aliphatic carbocycles. The molecule has 0 bridgehead atoms. The van der Waals surface area contributed by atoms with Crippen LogP contribution in [0.25, 0.3) is 12.2 Å². The number of hydrogen-bond acceptors (Lipinski definition) is 2. The molecule has 2 amide bonds. The van der Waals surface area contributed by atoms with Crippen molar-refractivity contribution < 1.29 is 9.59 Å². The van der Waals surface area contributed by atoms with E-state index in [1.165, 1.54) is 6.08 Å². The van der Waals surface area contributed by atoms with E-state index in [2.05, 4.69) is 5.32 Å². The van der Waals surface area contributed by atoms with Crippen molar-refractivity contribution in [3.8, 4) is 0 Å². The molecule has 2 aromatic carbocycles. The van der Waals surface area contributed by atoms with Crippen LogP contribution in [-0.4, -0.2) is 29.4 Å². The van der Waals surface area contributed by atoms with E-state index in [-0.39, 0.29) is 18.0 Å². The molecule has 0 spiro atoms. The average molecular weight is 346 g/mol. The summed E-state index contributed by atoms with van der Waals surface area (Å²) in [5.74, 6) is -0.269. The number of carbonyl (C=O) groups excluding carboxylic acids is 2. The van der Waals surface area contributed by atoms with Crippen LogP contribution in [-0.2, 0) is 9.59 Å². The Balaban J connectivity index is 1.57. The summed E-state index contributed by atoms with van der Waals surface area (Å²) in [6, 6.07) is 19.3. The first kappa shape index (κ1) is 17.7. The molecule has 2 aromatic rings. The number of rotatable bonds is 5. The minimum Gasteiger partial charge on any atom is -0.332 e. The summed E-state index contributed by atoms with van der Waals surface area (Å²) >= 11 is 0. The molecule has 0 unspecified atom stereocenters. The van der Waals surface area contributed by atoms with E-state index in [1.807, 2.05) is 60.7 Å². The molecular formula is C22H22N2O2. The van der Waals surface area contributed by atoms with Crippen molar-refractivity contribution in [2.45, 2.75) is 19.0 Å². The van der Waals surface area contributed by atoms with Gasteiger partial charge in [0, 0.05) is 18.7 Å². The summed E-state index contributed by atoms with van der Waals surface area (Å²) in [5, 5.41) is 2.92. The fraction of sp³-hybridized carbons (Fsp3) is 0.182. The smallest absolute Gasteiger partial charge is 0.248 e. The Morgan fingerprint density at radius 2 is 1.46 bits per heavy atom. The van der Waals surface area contributed by atoms with Crippen molar-refractivity contribution in [1.29, 1.82) is 0 Å². The molecule has 1 saturated heterocycles. The highest BCUT2D eigenvalue weighted by Crippen LogP contribution is 2.16. The van der Waals surface area contributed by atoms with E-state index in [4.69, 9.17) is 0 Å². The maximum absolute atomic E-state index is 12.5. The Morgan fingerprint density at radius 1 is 0.885 bits per heavy atom. The van der Waals surface area contributed by atoms with Crippen LogP contribution in [0.3, 0.4) is 0 Å². The van der Waals surface area contributed by atoms with Crippen molar-refractivity contribution in [3.63, 3.8) is 0 Å². The number of benzene rings is 2. The summed E-state index contributed by atoms with van der Waals surface area (Å²) in [6.07, 6.45) is 8.06. The first-order valence-corrected chi connectivity index (χ1v) is 8.80. The highest BCUT2D eigenvalue weighted by molar-refractivity contribution is 5.94. The number of nitrogens with one attached hydrogen (secondary N) is 1. The van der Waals surface area contributed by atoms with Gasteiger partial charge in [-0.15, -0.1) is 0 Å². The fourth-order valence-corrected chi connectivity index (χ4v) is 2.96. The monoisotopic (exact) mass is 346 g/mol. The average Bonchev–Trinajstić information content (AvgIpc) is 3.14. The van der Waals surface area contributed by atoms with Gasteiger partial charge in [0.25, 0.3) is 0 Å². The van der Waals surface area contributed by atoms with Gasteiger partial charge in [0.05, 0.1) is 0 Å². The second kappa shape index (κ2) is 8.81. The zero-order chi connectivity index (χ0) is 18.2. The van der Waals surface area contributed by atoms with Crippen LogP contribution >= 0.6 is 0 Å². The van der Waals surface area contributed by atoms with E-state index in [0.717, 1.165) is 24.0 Å². The van der Waals surface area contributed by atoms with Crippen molar-refractivity contribution >= 4 is 24.0 Å². The quantitative estimate of drug-likeness (QED) is 0.843. The molecule has 4 heteroatoms. The van der Waals surface area contributed by atoms with Gasteiger partial charge in [-0.3, -0.25) is 9.59 Å². The van der Waals surface area contributed by atoms with Gasteiger partial charge in [-0.1, -0.05) is 60.7 Å². The van der Waals surface area contributed by atoms with E-state index in [1.54, 1.807) is 23.1 Å². The minimum absolute atomic E-state index is 0.0799. The summed E-state index contributed by atoms with van der Waals surface area (Å²) in [6.45, 7) is 0.658. The van der Waals surface area contributed by atoms with Crippen LogP contribution in [0.15, 0.2) is 72.8 Å². The normalized spacial score (nSPS) is 17.1. The summed E-state index contributed by atoms with van der Waals surface area (Å²) in [7, 11) is 0. The van der Waals surface area contributed by atoms with E-state index in [0.29, 0.717) is 6.54 Å². The second-order valence-electron chi connectivity index (χ2n) is 6.19. The second-order valence-corrected chi connectivity index (χ2v) is 6.19. The maximum Gasteiger partial charge on any atom is 0.248 e. The Bertz CT molecular complexity index is 797. The largest absolute Gasteiger partial charge is 0.332 e. The van der Waals surface area contributed by atoms with Gasteiger partial charge in [-0.25, -0.2) is 0 Å². The third-order valence-electron chi connectivity index (χ3n) is 4.29. The van der Waals surface area contributed by atoms with Crippen LogP contribution < -0.4 is 5.32 Å². The molecular weight excluding hydrogens is 324 g/mol. The third kappa shape index (κ3) is 4.93. The predicted molar refractivity (Wildman–Crippen MR) is 104 cm³/mol. The molecule has 0 aromatic heterocycles. The van der Waals surface area contributed by atoms with Gasteiger partial charge in [0.15, 0.2) is 0 Å². The van der Waals surface area contributed by atoms with E-state index >= 15 is 0 Å². The number of carbonyl (C=O) groups is 2. The lowest BCUT2D eigenvalue weighted by Crippen LogP contribution is -2.46. The van der Waals surface area contributed by atoms with Gasteiger partial charge in [0.2, 0.25) is 11.8 Å². The van der Waals surface area contributed by atoms with Gasteiger partial charge < -0.3 is 10.2 Å². The predicted octanol–water partition coefficient (Wildman–Crippen LogP) is 3.48. The molecule has 1 N–H and O–H groups in total. The Hall–Kier alpha value is -3.14. The maximum atomic E-state index is 12.5. The molecule has 4 nitrogen and oxygen atoms in total. The molecule has 1 fully saturated rings. The molecule has 0 saturated carbocycles. The van der Waals surface area contributed by atoms with Gasteiger partial charge in [-0.2, -0.15) is 0 Å². The molecule has 0 radical (unpaired) electrons. The standard InChI is InChI=1S/C22H22N2O2/c25-21(15-13-18-8-3-1-4-9-18)23-20-12-7-17-24(20)22(26)16-14-19-10-5-2-6-11-19/h1-6,8-11,13-16,20H,7,12,17H2,(H,23,25)/b15-13+,16-14+/t20-/m0/s1. The highest BCUT2D eigenvalue weighted by Gasteiger charge is 2.28. The van der Waals surface area contributed by atoms with Gasteiger partial charge in [0.1, 0.15) is 6.17 Å². The van der Waals surface area contributed by atoms with Crippen molar-refractivity contribution in [2.75, 3.05) is 6.54 Å². The minimum atomic E-state index is -0.254. The van der Waals surface area contributed by atoms with Crippen LogP contribution in [0.1, 0.15) is 24.0 Å². The summed E-state index contributed by atoms with van der Waals surface area (Å²) in [5.41, 5.74) is 1.94. The molecule has 3 rings (SSSR count). The van der Waals surface area contributed by atoms with Crippen LogP contribution in [0.4, 0.5) is 0 Å². The third-order valence-corrected chi connectivity index (χ3v) is 4.29. The zero-order valence-electron chi connectivity index (χ0n) is 14.5. The summed E-state index contributed by atoms with van der Waals surface area (Å²) < 4.78 is 0. The number of hydrogen-bond donors (Lipinski definition) is 1. The Morgan fingerprint density at radius 3 is 2.08 bits per heavy atom. The summed E-state index contributed by atoms with van der Waals surface area (Å²) in [4.78, 5) is 26.3. The molecule has 1 heterocycles. The van der Waals surface area contributed by atoms with Gasteiger partial charge >= 0.3 is 0 Å². The lowest BCUT2D eigenvalue weighted by molar-refractivity contribution is -0.128. The van der Waals surface area contributed by atoms with Crippen LogP contribution in [0.5, 0.6) is 0 Å². The Kier molecular flexibility index (Phi) is 5.99. The molecule has 26 heavy (non-hydrogen) atoms. The van der Waals surface area contributed by atoms with E-state index in [9.17, 15) is 9.59 Å². The molecule has 1 aliphatic rings. The van der Waals surface area contributed by atoms with Crippen molar-refractivity contribution in [3.05, 3.63) is 83.9 Å². The Labute approximate surface area is 153 Å². The zero-order valence-corrected chi connectivity index (χ0v) is 14.5. The number of nitrogens with zero attached hydrogens (tertiary/aromatic N) is 1. The molecule has 132 valence electrons. The van der Waals surface area contributed by atoms with Crippen molar-refractivity contribution in [2.24, 2.45) is 0 Å². The van der Waals surface area contributed by atoms with E-state index < -0.39 is 0 Å². The topological polar surface area (TPSA) is 49.4 Å².